The molecule has 0 amide bonds. The van der Waals surface area contributed by atoms with Crippen LogP contribution >= 0.6 is 11.3 Å². The molecule has 1 aliphatic heterocycles. The highest BCUT2D eigenvalue weighted by molar-refractivity contribution is 7.18. The van der Waals surface area contributed by atoms with Crippen molar-refractivity contribution < 1.29 is 4.74 Å². The van der Waals surface area contributed by atoms with Crippen LogP contribution in [0.2, 0.25) is 0 Å². The highest BCUT2D eigenvalue weighted by Crippen LogP contribution is 2.29. The fourth-order valence-corrected chi connectivity index (χ4v) is 4.57. The molecule has 6 heteroatoms. The molecule has 0 aromatic carbocycles. The Morgan fingerprint density at radius 3 is 2.70 bits per heavy atom. The van der Waals surface area contributed by atoms with Gasteiger partial charge in [-0.25, -0.2) is 9.97 Å². The smallest absolute Gasteiger partial charge is 0.170 e. The highest BCUT2D eigenvalue weighted by Gasteiger charge is 2.28. The van der Waals surface area contributed by atoms with Crippen molar-refractivity contribution in [1.29, 1.82) is 0 Å². The van der Waals surface area contributed by atoms with Gasteiger partial charge in [0.25, 0.3) is 0 Å². The minimum absolute atomic E-state index is 0.298. The number of hydrogen-bond donors (Lipinski definition) is 0. The molecule has 4 rings (SSSR count). The molecule has 0 N–H and O–H groups in total. The molecule has 1 saturated heterocycles. The Bertz CT molecular complexity index is 934. The van der Waals surface area contributed by atoms with Crippen molar-refractivity contribution in [2.45, 2.75) is 40.2 Å². The number of likely N-dealkylation sites (tertiary alicyclic amines) is 1. The van der Waals surface area contributed by atoms with Crippen molar-refractivity contribution in [2.75, 3.05) is 19.7 Å². The van der Waals surface area contributed by atoms with Gasteiger partial charge in [0.1, 0.15) is 5.75 Å². The first-order valence-corrected chi connectivity index (χ1v) is 10.4. The van der Waals surface area contributed by atoms with Gasteiger partial charge in [0, 0.05) is 42.0 Å². The number of aryl methyl sites for hydroxylation is 3. The zero-order valence-corrected chi connectivity index (χ0v) is 17.2. The predicted octanol–water partition coefficient (Wildman–Crippen LogP) is 4.47. The van der Waals surface area contributed by atoms with Crippen LogP contribution in [0.15, 0.2) is 24.3 Å². The van der Waals surface area contributed by atoms with E-state index in [-0.39, 0.29) is 0 Å². The second-order valence-corrected chi connectivity index (χ2v) is 8.75. The first-order valence-electron chi connectivity index (χ1n) is 9.54. The summed E-state index contributed by atoms with van der Waals surface area (Å²) in [5, 5.41) is 1.07. The minimum atomic E-state index is 0.298. The van der Waals surface area contributed by atoms with E-state index in [1.807, 2.05) is 32.9 Å². The molecule has 5 nitrogen and oxygen atoms in total. The van der Waals surface area contributed by atoms with Crippen LogP contribution in [-0.4, -0.2) is 39.5 Å². The summed E-state index contributed by atoms with van der Waals surface area (Å²) in [5.41, 5.74) is 4.00. The molecule has 0 saturated carbocycles. The quantitative estimate of drug-likeness (QED) is 0.651. The summed E-state index contributed by atoms with van der Waals surface area (Å²) in [6.45, 7) is 11.2. The zero-order chi connectivity index (χ0) is 19.0. The van der Waals surface area contributed by atoms with Gasteiger partial charge in [-0.05, 0) is 52.8 Å². The SMILES string of the molecule is Cc1cc(OCC2CCN(C(C)c3ccc4sc(C)nc4n3)C2)cc(C)n1. The molecule has 0 bridgehead atoms. The van der Waals surface area contributed by atoms with E-state index in [9.17, 15) is 0 Å². The maximum Gasteiger partial charge on any atom is 0.170 e. The summed E-state index contributed by atoms with van der Waals surface area (Å²) in [5.74, 6) is 1.48. The lowest BCUT2D eigenvalue weighted by Crippen LogP contribution is -2.26. The van der Waals surface area contributed by atoms with Crippen molar-refractivity contribution in [2.24, 2.45) is 5.92 Å². The van der Waals surface area contributed by atoms with E-state index in [1.165, 1.54) is 4.70 Å². The van der Waals surface area contributed by atoms with Gasteiger partial charge in [-0.1, -0.05) is 0 Å². The normalized spacial score (nSPS) is 18.9. The number of pyridine rings is 2. The third-order valence-corrected chi connectivity index (χ3v) is 6.14. The van der Waals surface area contributed by atoms with Crippen molar-refractivity contribution >= 4 is 21.7 Å². The Morgan fingerprint density at radius 2 is 1.93 bits per heavy atom. The molecule has 142 valence electrons. The number of hydrogen-bond acceptors (Lipinski definition) is 6. The molecular formula is C21H26N4OS. The van der Waals surface area contributed by atoms with Crippen LogP contribution in [0.4, 0.5) is 0 Å². The molecule has 1 aliphatic rings. The largest absolute Gasteiger partial charge is 0.493 e. The summed E-state index contributed by atoms with van der Waals surface area (Å²) in [7, 11) is 0. The van der Waals surface area contributed by atoms with Crippen LogP contribution in [0.3, 0.4) is 0 Å². The Morgan fingerprint density at radius 1 is 1.15 bits per heavy atom. The van der Waals surface area contributed by atoms with E-state index >= 15 is 0 Å². The van der Waals surface area contributed by atoms with Gasteiger partial charge in [-0.15, -0.1) is 11.3 Å². The van der Waals surface area contributed by atoms with E-state index in [1.54, 1.807) is 11.3 Å². The number of aromatic nitrogens is 3. The van der Waals surface area contributed by atoms with E-state index in [0.29, 0.717) is 12.0 Å². The summed E-state index contributed by atoms with van der Waals surface area (Å²) >= 11 is 1.70. The molecule has 4 heterocycles. The molecule has 0 aliphatic carbocycles. The minimum Gasteiger partial charge on any atom is -0.493 e. The third-order valence-electron chi connectivity index (χ3n) is 5.22. The first kappa shape index (κ1) is 18.3. The van der Waals surface area contributed by atoms with E-state index < -0.39 is 0 Å². The summed E-state index contributed by atoms with van der Waals surface area (Å²) < 4.78 is 7.22. The van der Waals surface area contributed by atoms with Gasteiger partial charge < -0.3 is 4.74 Å². The molecule has 3 aromatic rings. The van der Waals surface area contributed by atoms with Crippen molar-refractivity contribution in [3.63, 3.8) is 0 Å². The Hall–Kier alpha value is -2.05. The number of rotatable bonds is 5. The molecule has 27 heavy (non-hydrogen) atoms. The van der Waals surface area contributed by atoms with Gasteiger partial charge in [0.05, 0.1) is 22.0 Å². The fraction of sp³-hybridized carbons (Fsp3) is 0.476. The molecule has 2 atom stereocenters. The van der Waals surface area contributed by atoms with Crippen LogP contribution < -0.4 is 4.74 Å². The van der Waals surface area contributed by atoms with Gasteiger partial charge in [0.15, 0.2) is 5.65 Å². The van der Waals surface area contributed by atoms with Crippen LogP contribution in [0.25, 0.3) is 10.3 Å². The fourth-order valence-electron chi connectivity index (χ4n) is 3.80. The van der Waals surface area contributed by atoms with E-state index in [2.05, 4.69) is 33.9 Å². The van der Waals surface area contributed by atoms with Crippen LogP contribution in [0, 0.1) is 26.7 Å². The average Bonchev–Trinajstić information content (AvgIpc) is 3.23. The summed E-state index contributed by atoms with van der Waals surface area (Å²) in [6, 6.07) is 8.63. The molecule has 0 radical (unpaired) electrons. The van der Waals surface area contributed by atoms with Gasteiger partial charge in [0.2, 0.25) is 0 Å². The topological polar surface area (TPSA) is 51.1 Å². The van der Waals surface area contributed by atoms with Gasteiger partial charge >= 0.3 is 0 Å². The zero-order valence-electron chi connectivity index (χ0n) is 16.4. The number of thiazole rings is 1. The van der Waals surface area contributed by atoms with Crippen LogP contribution in [0.1, 0.15) is 41.5 Å². The number of ether oxygens (including phenoxy) is 1. The lowest BCUT2D eigenvalue weighted by molar-refractivity contribution is 0.215. The Kier molecular flexibility index (Phi) is 5.10. The monoisotopic (exact) mass is 382 g/mol. The van der Waals surface area contributed by atoms with Gasteiger partial charge in [-0.3, -0.25) is 9.88 Å². The Labute approximate surface area is 164 Å². The lowest BCUT2D eigenvalue weighted by Gasteiger charge is -2.24. The first-order chi connectivity index (χ1) is 13.0. The van der Waals surface area contributed by atoms with Crippen LogP contribution in [0.5, 0.6) is 5.75 Å². The second-order valence-electron chi connectivity index (χ2n) is 7.51. The predicted molar refractivity (Wildman–Crippen MR) is 109 cm³/mol. The second kappa shape index (κ2) is 7.52. The maximum atomic E-state index is 6.05. The number of nitrogens with zero attached hydrogens (tertiary/aromatic N) is 4. The van der Waals surface area contributed by atoms with Crippen molar-refractivity contribution in [3.05, 3.63) is 46.4 Å². The third kappa shape index (κ3) is 4.12. The highest BCUT2D eigenvalue weighted by atomic mass is 32.1. The maximum absolute atomic E-state index is 6.05. The lowest BCUT2D eigenvalue weighted by atomic mass is 10.1. The Balaban J connectivity index is 1.37. The molecule has 0 spiro atoms. The summed E-state index contributed by atoms with van der Waals surface area (Å²) in [6.07, 6.45) is 1.16. The summed E-state index contributed by atoms with van der Waals surface area (Å²) in [4.78, 5) is 16.2. The van der Waals surface area contributed by atoms with E-state index in [4.69, 9.17) is 9.72 Å². The van der Waals surface area contributed by atoms with Crippen molar-refractivity contribution in [1.82, 2.24) is 19.9 Å². The molecular weight excluding hydrogens is 356 g/mol. The van der Waals surface area contributed by atoms with Crippen molar-refractivity contribution in [3.8, 4) is 5.75 Å². The number of fused-ring (bicyclic) bond motifs is 1. The standard InChI is InChI=1S/C21H26N4OS/c1-13-9-18(10-14(2)22-13)26-12-17-7-8-25(11-17)15(3)19-5-6-20-21(24-19)23-16(4)27-20/h5-6,9-10,15,17H,7-8,11-12H2,1-4H3. The molecule has 1 fully saturated rings. The molecule has 3 aromatic heterocycles. The average molecular weight is 383 g/mol. The van der Waals surface area contributed by atoms with Gasteiger partial charge in [-0.2, -0.15) is 0 Å². The van der Waals surface area contributed by atoms with Crippen LogP contribution in [-0.2, 0) is 0 Å². The molecule has 2 unspecified atom stereocenters. The van der Waals surface area contributed by atoms with E-state index in [0.717, 1.165) is 59.6 Å².